The highest BCUT2D eigenvalue weighted by Crippen LogP contribution is 2.16. The Labute approximate surface area is 136 Å². The topological polar surface area (TPSA) is 130 Å². The van der Waals surface area contributed by atoms with Gasteiger partial charge in [-0.2, -0.15) is 5.10 Å². The SMILES string of the molecule is Nc1ccccc1C(=O)NC(=O)C(=O)Nc1ccc2cn[nH]c2c1. The van der Waals surface area contributed by atoms with Crippen molar-refractivity contribution in [2.45, 2.75) is 0 Å². The van der Waals surface area contributed by atoms with Crippen LogP contribution in [-0.4, -0.2) is 27.9 Å². The molecule has 120 valence electrons. The Morgan fingerprint density at radius 3 is 2.62 bits per heavy atom. The van der Waals surface area contributed by atoms with Crippen molar-refractivity contribution in [1.29, 1.82) is 0 Å². The van der Waals surface area contributed by atoms with Crippen molar-refractivity contribution >= 4 is 40.0 Å². The molecular weight excluding hydrogens is 310 g/mol. The molecule has 0 aliphatic carbocycles. The zero-order chi connectivity index (χ0) is 17.1. The summed E-state index contributed by atoms with van der Waals surface area (Å²) in [6, 6.07) is 11.2. The highest BCUT2D eigenvalue weighted by Gasteiger charge is 2.19. The van der Waals surface area contributed by atoms with E-state index in [0.29, 0.717) is 11.2 Å². The minimum Gasteiger partial charge on any atom is -0.398 e. The van der Waals surface area contributed by atoms with Gasteiger partial charge in [-0.25, -0.2) is 0 Å². The monoisotopic (exact) mass is 323 g/mol. The van der Waals surface area contributed by atoms with Gasteiger partial charge in [0.05, 0.1) is 17.3 Å². The second kappa shape index (κ2) is 6.21. The lowest BCUT2D eigenvalue weighted by molar-refractivity contribution is -0.135. The van der Waals surface area contributed by atoms with E-state index in [1.165, 1.54) is 12.1 Å². The average Bonchev–Trinajstić information content (AvgIpc) is 3.02. The number of H-pyrrole nitrogens is 1. The van der Waals surface area contributed by atoms with E-state index in [4.69, 9.17) is 5.73 Å². The first kappa shape index (κ1) is 15.2. The van der Waals surface area contributed by atoms with Gasteiger partial charge in [0.1, 0.15) is 0 Å². The summed E-state index contributed by atoms with van der Waals surface area (Å²) in [6.07, 6.45) is 1.64. The van der Waals surface area contributed by atoms with Crippen LogP contribution in [0.3, 0.4) is 0 Å². The molecule has 5 N–H and O–H groups in total. The highest BCUT2D eigenvalue weighted by atomic mass is 16.2. The molecule has 0 radical (unpaired) electrons. The molecule has 3 rings (SSSR count). The first-order chi connectivity index (χ1) is 11.5. The maximum Gasteiger partial charge on any atom is 0.316 e. The number of nitrogen functional groups attached to an aromatic ring is 1. The number of hydrogen-bond acceptors (Lipinski definition) is 5. The van der Waals surface area contributed by atoms with Crippen molar-refractivity contribution in [2.24, 2.45) is 0 Å². The van der Waals surface area contributed by atoms with Crippen LogP contribution in [0.1, 0.15) is 10.4 Å². The number of fused-ring (bicyclic) bond motifs is 1. The molecule has 0 bridgehead atoms. The van der Waals surface area contributed by atoms with E-state index in [-0.39, 0.29) is 11.3 Å². The number of anilines is 2. The second-order valence-corrected chi connectivity index (χ2v) is 5.00. The Bertz CT molecular complexity index is 948. The molecule has 0 aliphatic rings. The van der Waals surface area contributed by atoms with Gasteiger partial charge in [0, 0.05) is 16.8 Å². The molecule has 3 aromatic rings. The van der Waals surface area contributed by atoms with Crippen molar-refractivity contribution in [3.05, 3.63) is 54.2 Å². The van der Waals surface area contributed by atoms with E-state index in [2.05, 4.69) is 15.5 Å². The maximum atomic E-state index is 12.0. The molecule has 8 nitrogen and oxygen atoms in total. The van der Waals surface area contributed by atoms with Gasteiger partial charge in [0.25, 0.3) is 5.91 Å². The third kappa shape index (κ3) is 3.07. The Hall–Kier alpha value is -3.68. The van der Waals surface area contributed by atoms with Crippen molar-refractivity contribution in [1.82, 2.24) is 15.5 Å². The molecule has 1 heterocycles. The van der Waals surface area contributed by atoms with E-state index >= 15 is 0 Å². The van der Waals surface area contributed by atoms with Gasteiger partial charge in [0.2, 0.25) is 0 Å². The zero-order valence-electron chi connectivity index (χ0n) is 12.4. The first-order valence-corrected chi connectivity index (χ1v) is 6.99. The largest absolute Gasteiger partial charge is 0.398 e. The van der Waals surface area contributed by atoms with Crippen LogP contribution in [0.2, 0.25) is 0 Å². The lowest BCUT2D eigenvalue weighted by atomic mass is 10.1. The molecule has 2 aromatic carbocycles. The standard InChI is InChI=1S/C16H13N5O3/c17-12-4-2-1-3-11(12)14(22)20-16(24)15(23)19-10-6-5-9-8-18-21-13(9)7-10/h1-8H,17H2,(H,18,21)(H,19,23)(H,20,22,24). The van der Waals surface area contributed by atoms with Crippen LogP contribution in [0.4, 0.5) is 11.4 Å². The number of benzene rings is 2. The molecule has 0 saturated heterocycles. The Balaban J connectivity index is 1.67. The van der Waals surface area contributed by atoms with Gasteiger partial charge in [0.15, 0.2) is 0 Å². The molecule has 0 unspecified atom stereocenters. The van der Waals surface area contributed by atoms with Crippen molar-refractivity contribution < 1.29 is 14.4 Å². The molecule has 24 heavy (non-hydrogen) atoms. The number of para-hydroxylation sites is 1. The molecule has 1 aromatic heterocycles. The summed E-state index contributed by atoms with van der Waals surface area (Å²) in [5.74, 6) is -2.78. The van der Waals surface area contributed by atoms with Crippen LogP contribution in [0, 0.1) is 0 Å². The minimum absolute atomic E-state index is 0.123. The molecule has 0 aliphatic heterocycles. The number of rotatable bonds is 2. The first-order valence-electron chi connectivity index (χ1n) is 6.99. The fraction of sp³-hybridized carbons (Fsp3) is 0. The third-order valence-corrected chi connectivity index (χ3v) is 3.34. The molecule has 3 amide bonds. The summed E-state index contributed by atoms with van der Waals surface area (Å²) in [6.45, 7) is 0. The fourth-order valence-electron chi connectivity index (χ4n) is 2.13. The Morgan fingerprint density at radius 2 is 1.83 bits per heavy atom. The predicted molar refractivity (Wildman–Crippen MR) is 88.1 cm³/mol. The normalized spacial score (nSPS) is 10.3. The summed E-state index contributed by atoms with van der Waals surface area (Å²) in [4.78, 5) is 35.7. The molecule has 0 fully saturated rings. The molecular formula is C16H13N5O3. The summed E-state index contributed by atoms with van der Waals surface area (Å²) >= 11 is 0. The zero-order valence-corrected chi connectivity index (χ0v) is 12.4. The number of carbonyl (C=O) groups is 3. The molecule has 8 heteroatoms. The summed E-state index contributed by atoms with van der Waals surface area (Å²) < 4.78 is 0. The Kier molecular flexibility index (Phi) is 3.94. The lowest BCUT2D eigenvalue weighted by Gasteiger charge is -2.07. The smallest absolute Gasteiger partial charge is 0.316 e. The third-order valence-electron chi connectivity index (χ3n) is 3.34. The van der Waals surface area contributed by atoms with Crippen LogP contribution in [0.5, 0.6) is 0 Å². The van der Waals surface area contributed by atoms with Crippen LogP contribution >= 0.6 is 0 Å². The average molecular weight is 323 g/mol. The lowest BCUT2D eigenvalue weighted by Crippen LogP contribution is -2.39. The number of nitrogens with one attached hydrogen (secondary N) is 3. The van der Waals surface area contributed by atoms with E-state index in [0.717, 1.165) is 5.39 Å². The van der Waals surface area contributed by atoms with Crippen LogP contribution < -0.4 is 16.4 Å². The maximum absolute atomic E-state index is 12.0. The number of aromatic amines is 1. The number of aromatic nitrogens is 2. The summed E-state index contributed by atoms with van der Waals surface area (Å²) in [7, 11) is 0. The number of amides is 3. The van der Waals surface area contributed by atoms with Crippen LogP contribution in [0.15, 0.2) is 48.7 Å². The van der Waals surface area contributed by atoms with E-state index in [1.54, 1.807) is 36.5 Å². The highest BCUT2D eigenvalue weighted by molar-refractivity contribution is 6.42. The van der Waals surface area contributed by atoms with Gasteiger partial charge in [-0.05, 0) is 30.3 Å². The summed E-state index contributed by atoms with van der Waals surface area (Å²) in [5, 5.41) is 11.9. The van der Waals surface area contributed by atoms with Crippen LogP contribution in [-0.2, 0) is 9.59 Å². The van der Waals surface area contributed by atoms with Crippen molar-refractivity contribution in [3.8, 4) is 0 Å². The second-order valence-electron chi connectivity index (χ2n) is 5.00. The molecule has 0 atom stereocenters. The number of imide groups is 1. The van der Waals surface area contributed by atoms with Gasteiger partial charge >= 0.3 is 11.8 Å². The summed E-state index contributed by atoms with van der Waals surface area (Å²) in [5.41, 5.74) is 7.11. The predicted octanol–water partition coefficient (Wildman–Crippen LogP) is 1.04. The van der Waals surface area contributed by atoms with Crippen molar-refractivity contribution in [2.75, 3.05) is 11.1 Å². The molecule has 0 saturated carbocycles. The Morgan fingerprint density at radius 1 is 1.04 bits per heavy atom. The molecule has 0 spiro atoms. The van der Waals surface area contributed by atoms with E-state index in [1.807, 2.05) is 5.32 Å². The van der Waals surface area contributed by atoms with E-state index in [9.17, 15) is 14.4 Å². The quantitative estimate of drug-likeness (QED) is 0.413. The minimum atomic E-state index is -1.08. The van der Waals surface area contributed by atoms with E-state index < -0.39 is 17.7 Å². The number of hydrogen-bond donors (Lipinski definition) is 4. The van der Waals surface area contributed by atoms with Gasteiger partial charge < -0.3 is 11.1 Å². The van der Waals surface area contributed by atoms with Gasteiger partial charge in [-0.3, -0.25) is 24.8 Å². The number of nitrogens with zero attached hydrogens (tertiary/aromatic N) is 1. The fourth-order valence-corrected chi connectivity index (χ4v) is 2.13. The van der Waals surface area contributed by atoms with Crippen LogP contribution in [0.25, 0.3) is 10.9 Å². The van der Waals surface area contributed by atoms with Crippen molar-refractivity contribution in [3.63, 3.8) is 0 Å². The van der Waals surface area contributed by atoms with Gasteiger partial charge in [-0.15, -0.1) is 0 Å². The number of nitrogens with two attached hydrogens (primary N) is 1. The van der Waals surface area contributed by atoms with Gasteiger partial charge in [-0.1, -0.05) is 12.1 Å². The number of carbonyl (C=O) groups excluding carboxylic acids is 3.